The van der Waals surface area contributed by atoms with Gasteiger partial charge in [-0.25, -0.2) is 0 Å². The summed E-state index contributed by atoms with van der Waals surface area (Å²) >= 11 is 6.17. The zero-order valence-electron chi connectivity index (χ0n) is 11.9. The van der Waals surface area contributed by atoms with Crippen LogP contribution in [-0.2, 0) is 4.74 Å². The van der Waals surface area contributed by atoms with Crippen LogP contribution in [0.5, 0.6) is 0 Å². The fraction of sp³-hybridized carbons (Fsp3) is 0.600. The maximum atomic E-state index is 10.1. The van der Waals surface area contributed by atoms with Crippen molar-refractivity contribution >= 4 is 11.6 Å². The molecule has 1 saturated heterocycles. The average molecular weight is 299 g/mol. The van der Waals surface area contributed by atoms with Gasteiger partial charge >= 0.3 is 0 Å². The number of nitrogens with one attached hydrogen (secondary N) is 1. The van der Waals surface area contributed by atoms with Gasteiger partial charge in [0, 0.05) is 37.2 Å². The number of aliphatic hydroxyl groups is 1. The van der Waals surface area contributed by atoms with Gasteiger partial charge in [-0.3, -0.25) is 4.90 Å². The first-order valence-corrected chi connectivity index (χ1v) is 7.50. The summed E-state index contributed by atoms with van der Waals surface area (Å²) in [6.45, 7) is 6.62. The third-order valence-corrected chi connectivity index (χ3v) is 3.95. The molecule has 20 heavy (non-hydrogen) atoms. The Labute approximate surface area is 125 Å². The molecular weight excluding hydrogens is 276 g/mol. The van der Waals surface area contributed by atoms with Gasteiger partial charge in [0.1, 0.15) is 0 Å². The minimum atomic E-state index is -0.377. The maximum Gasteiger partial charge on any atom is 0.0791 e. The molecular formula is C15H23ClN2O2. The molecule has 1 aliphatic heterocycles. The SMILES string of the molecule is CC(NCC(O)CN1CCOCC1)c1ccccc1Cl. The zero-order valence-corrected chi connectivity index (χ0v) is 12.6. The lowest BCUT2D eigenvalue weighted by Gasteiger charge is -2.29. The van der Waals surface area contributed by atoms with Gasteiger partial charge in [-0.1, -0.05) is 29.8 Å². The lowest BCUT2D eigenvalue weighted by Crippen LogP contribution is -2.44. The Kier molecular flexibility index (Phi) is 6.26. The van der Waals surface area contributed by atoms with E-state index in [1.165, 1.54) is 0 Å². The fourth-order valence-corrected chi connectivity index (χ4v) is 2.69. The van der Waals surface area contributed by atoms with Crippen molar-refractivity contribution in [1.82, 2.24) is 10.2 Å². The Morgan fingerprint density at radius 2 is 2.05 bits per heavy atom. The van der Waals surface area contributed by atoms with Crippen molar-refractivity contribution in [1.29, 1.82) is 0 Å². The molecule has 1 heterocycles. The summed E-state index contributed by atoms with van der Waals surface area (Å²) in [5.74, 6) is 0. The molecule has 5 heteroatoms. The summed E-state index contributed by atoms with van der Waals surface area (Å²) in [6, 6.07) is 7.92. The molecule has 1 aromatic carbocycles. The third-order valence-electron chi connectivity index (χ3n) is 3.60. The van der Waals surface area contributed by atoms with Crippen molar-refractivity contribution < 1.29 is 9.84 Å². The summed E-state index contributed by atoms with van der Waals surface area (Å²) < 4.78 is 5.30. The number of hydrogen-bond donors (Lipinski definition) is 2. The monoisotopic (exact) mass is 298 g/mol. The summed E-state index contributed by atoms with van der Waals surface area (Å²) in [7, 11) is 0. The van der Waals surface area contributed by atoms with Gasteiger partial charge in [0.05, 0.1) is 19.3 Å². The van der Waals surface area contributed by atoms with Crippen LogP contribution < -0.4 is 5.32 Å². The molecule has 0 radical (unpaired) electrons. The van der Waals surface area contributed by atoms with E-state index < -0.39 is 0 Å². The Bertz CT molecular complexity index is 411. The van der Waals surface area contributed by atoms with Crippen LogP contribution in [0, 0.1) is 0 Å². The minimum Gasteiger partial charge on any atom is -0.390 e. The quantitative estimate of drug-likeness (QED) is 0.839. The molecule has 2 unspecified atom stereocenters. The first-order valence-electron chi connectivity index (χ1n) is 7.13. The highest BCUT2D eigenvalue weighted by Gasteiger charge is 2.16. The van der Waals surface area contributed by atoms with Crippen LogP contribution in [0.25, 0.3) is 0 Å². The van der Waals surface area contributed by atoms with Crippen molar-refractivity contribution in [3.63, 3.8) is 0 Å². The molecule has 0 saturated carbocycles. The number of ether oxygens (including phenoxy) is 1. The highest BCUT2D eigenvalue weighted by Crippen LogP contribution is 2.21. The molecule has 2 rings (SSSR count). The molecule has 0 aliphatic carbocycles. The highest BCUT2D eigenvalue weighted by atomic mass is 35.5. The second-order valence-electron chi connectivity index (χ2n) is 5.22. The van der Waals surface area contributed by atoms with Gasteiger partial charge < -0.3 is 15.2 Å². The van der Waals surface area contributed by atoms with E-state index in [1.807, 2.05) is 24.3 Å². The van der Waals surface area contributed by atoms with E-state index in [4.69, 9.17) is 16.3 Å². The van der Waals surface area contributed by atoms with E-state index in [2.05, 4.69) is 17.1 Å². The molecule has 2 atom stereocenters. The average Bonchev–Trinajstić information content (AvgIpc) is 2.46. The van der Waals surface area contributed by atoms with Gasteiger partial charge in [0.15, 0.2) is 0 Å². The van der Waals surface area contributed by atoms with Crippen LogP contribution in [0.1, 0.15) is 18.5 Å². The first-order chi connectivity index (χ1) is 9.66. The van der Waals surface area contributed by atoms with Gasteiger partial charge in [0.25, 0.3) is 0 Å². The minimum absolute atomic E-state index is 0.128. The number of aliphatic hydroxyl groups excluding tert-OH is 1. The Morgan fingerprint density at radius 1 is 1.35 bits per heavy atom. The van der Waals surface area contributed by atoms with Crippen LogP contribution in [0.15, 0.2) is 24.3 Å². The van der Waals surface area contributed by atoms with E-state index in [-0.39, 0.29) is 12.1 Å². The van der Waals surface area contributed by atoms with Crippen LogP contribution in [0.2, 0.25) is 5.02 Å². The molecule has 1 aliphatic rings. The zero-order chi connectivity index (χ0) is 14.4. The molecule has 1 fully saturated rings. The predicted octanol–water partition coefficient (Wildman–Crippen LogP) is 1.68. The van der Waals surface area contributed by atoms with E-state index in [0.29, 0.717) is 13.1 Å². The Hall–Kier alpha value is -0.650. The van der Waals surface area contributed by atoms with Crippen LogP contribution >= 0.6 is 11.6 Å². The third kappa shape index (κ3) is 4.72. The molecule has 2 N–H and O–H groups in total. The second-order valence-corrected chi connectivity index (χ2v) is 5.63. The number of β-amino-alcohol motifs (C(OH)–C–C–N with tert-alkyl or cyclic N) is 1. The normalized spacial score (nSPS) is 19.8. The molecule has 0 amide bonds. The second kappa shape index (κ2) is 7.96. The van der Waals surface area contributed by atoms with Crippen LogP contribution in [-0.4, -0.2) is 55.5 Å². The van der Waals surface area contributed by atoms with Crippen LogP contribution in [0.4, 0.5) is 0 Å². The molecule has 0 spiro atoms. The molecule has 4 nitrogen and oxygen atoms in total. The van der Waals surface area contributed by atoms with E-state index >= 15 is 0 Å². The number of halogens is 1. The van der Waals surface area contributed by atoms with E-state index in [9.17, 15) is 5.11 Å². The number of morpholine rings is 1. The molecule has 112 valence electrons. The number of nitrogens with zero attached hydrogens (tertiary/aromatic N) is 1. The topological polar surface area (TPSA) is 44.7 Å². The summed E-state index contributed by atoms with van der Waals surface area (Å²) in [6.07, 6.45) is -0.377. The van der Waals surface area contributed by atoms with Crippen molar-refractivity contribution in [3.05, 3.63) is 34.9 Å². The smallest absolute Gasteiger partial charge is 0.0791 e. The van der Waals surface area contributed by atoms with Crippen molar-refractivity contribution in [2.75, 3.05) is 39.4 Å². The number of benzene rings is 1. The van der Waals surface area contributed by atoms with E-state index in [1.54, 1.807) is 0 Å². The summed E-state index contributed by atoms with van der Waals surface area (Å²) in [5, 5.41) is 14.2. The number of hydrogen-bond acceptors (Lipinski definition) is 4. The van der Waals surface area contributed by atoms with Gasteiger partial charge in [-0.15, -0.1) is 0 Å². The standard InChI is InChI=1S/C15H23ClN2O2/c1-12(14-4-2-3-5-15(14)16)17-10-13(19)11-18-6-8-20-9-7-18/h2-5,12-13,17,19H,6-11H2,1H3. The van der Waals surface area contributed by atoms with E-state index in [0.717, 1.165) is 36.9 Å². The van der Waals surface area contributed by atoms with Gasteiger partial charge in [-0.2, -0.15) is 0 Å². The number of rotatable bonds is 6. The van der Waals surface area contributed by atoms with Crippen LogP contribution in [0.3, 0.4) is 0 Å². The van der Waals surface area contributed by atoms with Gasteiger partial charge in [0.2, 0.25) is 0 Å². The maximum absolute atomic E-state index is 10.1. The van der Waals surface area contributed by atoms with Crippen molar-refractivity contribution in [2.24, 2.45) is 0 Å². The predicted molar refractivity (Wildman–Crippen MR) is 81.1 cm³/mol. The summed E-state index contributed by atoms with van der Waals surface area (Å²) in [4.78, 5) is 2.23. The molecule has 0 bridgehead atoms. The largest absolute Gasteiger partial charge is 0.390 e. The van der Waals surface area contributed by atoms with Gasteiger partial charge in [-0.05, 0) is 18.6 Å². The van der Waals surface area contributed by atoms with Crippen molar-refractivity contribution in [2.45, 2.75) is 19.1 Å². The Morgan fingerprint density at radius 3 is 2.75 bits per heavy atom. The van der Waals surface area contributed by atoms with Crippen molar-refractivity contribution in [3.8, 4) is 0 Å². The lowest BCUT2D eigenvalue weighted by atomic mass is 10.1. The highest BCUT2D eigenvalue weighted by molar-refractivity contribution is 6.31. The molecule has 0 aromatic heterocycles. The Balaban J connectivity index is 1.75. The lowest BCUT2D eigenvalue weighted by molar-refractivity contribution is 0.0145. The molecule has 1 aromatic rings. The first kappa shape index (κ1) is 15.7. The summed E-state index contributed by atoms with van der Waals surface area (Å²) in [5.41, 5.74) is 1.06. The fourth-order valence-electron chi connectivity index (χ4n) is 2.40.